The summed E-state index contributed by atoms with van der Waals surface area (Å²) in [4.78, 5) is 13.8. The monoisotopic (exact) mass is 562 g/mol. The number of nitrogens with zero attached hydrogens (tertiary/aromatic N) is 1. The molecule has 0 aliphatic rings. The summed E-state index contributed by atoms with van der Waals surface area (Å²) in [7, 11) is -3.98. The maximum absolute atomic E-state index is 13.5. The average Bonchev–Trinajstić information content (AvgIpc) is 2.91. The second kappa shape index (κ2) is 14.3. The smallest absolute Gasteiger partial charge is 0.264 e. The normalized spacial score (nSPS) is 11.2. The lowest BCUT2D eigenvalue weighted by atomic mass is 10.2. The molecule has 0 saturated heterocycles. The second-order valence-electron chi connectivity index (χ2n) is 8.00. The molecule has 0 fully saturated rings. The SMILES string of the molecule is CCOc1ccc(N(CC(=O)NCCCSCc2ccc(F)cc2)S(=O)(=O)c2ccc(SC)cc2)cc1. The Morgan fingerprint density at radius 1 is 1.00 bits per heavy atom. The number of sulfonamides is 1. The van der Waals surface area contributed by atoms with Gasteiger partial charge in [-0.25, -0.2) is 12.8 Å². The molecule has 0 atom stereocenters. The molecular formula is C27H31FN2O4S3. The Morgan fingerprint density at radius 2 is 1.68 bits per heavy atom. The van der Waals surface area contributed by atoms with E-state index >= 15 is 0 Å². The number of rotatable bonds is 14. The van der Waals surface area contributed by atoms with Gasteiger partial charge in [-0.15, -0.1) is 11.8 Å². The number of hydrogen-bond donors (Lipinski definition) is 1. The van der Waals surface area contributed by atoms with E-state index in [4.69, 9.17) is 4.74 Å². The lowest BCUT2D eigenvalue weighted by molar-refractivity contribution is -0.119. The molecule has 3 aromatic rings. The molecule has 3 aromatic carbocycles. The molecule has 0 radical (unpaired) electrons. The van der Waals surface area contributed by atoms with Gasteiger partial charge >= 0.3 is 0 Å². The molecule has 0 spiro atoms. The van der Waals surface area contributed by atoms with E-state index in [1.54, 1.807) is 72.4 Å². The first-order valence-electron chi connectivity index (χ1n) is 11.8. The van der Waals surface area contributed by atoms with Gasteiger partial charge in [0.25, 0.3) is 10.0 Å². The Kier molecular flexibility index (Phi) is 11.2. The van der Waals surface area contributed by atoms with E-state index in [-0.39, 0.29) is 23.2 Å². The third kappa shape index (κ3) is 8.69. The van der Waals surface area contributed by atoms with E-state index in [1.807, 2.05) is 13.2 Å². The molecule has 0 aliphatic heterocycles. The zero-order valence-corrected chi connectivity index (χ0v) is 23.3. The minimum Gasteiger partial charge on any atom is -0.494 e. The zero-order chi connectivity index (χ0) is 26.7. The van der Waals surface area contributed by atoms with Gasteiger partial charge in [0, 0.05) is 17.2 Å². The standard InChI is InChI=1S/C27H31FN2O4S3/c1-3-34-24-11-9-23(10-12-24)30(37(32,33)26-15-13-25(35-2)14-16-26)19-27(31)29-17-4-18-36-20-21-5-7-22(28)8-6-21/h5-16H,3-4,17-20H2,1-2H3,(H,29,31). The Labute approximate surface area is 227 Å². The number of ether oxygens (including phenoxy) is 1. The molecule has 1 amide bonds. The summed E-state index contributed by atoms with van der Waals surface area (Å²) in [5.74, 6) is 1.54. The molecule has 198 valence electrons. The molecule has 0 heterocycles. The fourth-order valence-electron chi connectivity index (χ4n) is 3.42. The molecule has 1 N–H and O–H groups in total. The van der Waals surface area contributed by atoms with Gasteiger partial charge in [0.15, 0.2) is 0 Å². The summed E-state index contributed by atoms with van der Waals surface area (Å²) in [6.07, 6.45) is 2.64. The first kappa shape index (κ1) is 28.9. The number of thioether (sulfide) groups is 2. The number of anilines is 1. The molecule has 37 heavy (non-hydrogen) atoms. The largest absolute Gasteiger partial charge is 0.494 e. The zero-order valence-electron chi connectivity index (χ0n) is 20.9. The molecule has 3 rings (SSSR count). The van der Waals surface area contributed by atoms with Gasteiger partial charge in [-0.1, -0.05) is 12.1 Å². The second-order valence-corrected chi connectivity index (χ2v) is 11.8. The van der Waals surface area contributed by atoms with E-state index in [9.17, 15) is 17.6 Å². The van der Waals surface area contributed by atoms with Crippen molar-refractivity contribution in [3.63, 3.8) is 0 Å². The molecule has 0 aliphatic carbocycles. The van der Waals surface area contributed by atoms with Crippen LogP contribution in [0.4, 0.5) is 10.1 Å². The lowest BCUT2D eigenvalue weighted by Gasteiger charge is -2.24. The molecular weight excluding hydrogens is 532 g/mol. The highest BCUT2D eigenvalue weighted by molar-refractivity contribution is 7.98. The van der Waals surface area contributed by atoms with Crippen molar-refractivity contribution in [2.45, 2.75) is 28.9 Å². The minimum absolute atomic E-state index is 0.115. The topological polar surface area (TPSA) is 75.7 Å². The van der Waals surface area contributed by atoms with Gasteiger partial charge in [-0.2, -0.15) is 11.8 Å². The quantitative estimate of drug-likeness (QED) is 0.204. The van der Waals surface area contributed by atoms with Crippen molar-refractivity contribution in [3.05, 3.63) is 84.2 Å². The van der Waals surface area contributed by atoms with E-state index in [2.05, 4.69) is 5.32 Å². The van der Waals surface area contributed by atoms with Crippen LogP contribution in [-0.2, 0) is 20.6 Å². The molecule has 0 bridgehead atoms. The summed E-state index contributed by atoms with van der Waals surface area (Å²) in [6, 6.07) is 19.7. The van der Waals surface area contributed by atoms with Crippen molar-refractivity contribution >= 4 is 45.1 Å². The maximum Gasteiger partial charge on any atom is 0.264 e. The first-order valence-corrected chi connectivity index (χ1v) is 15.6. The fourth-order valence-corrected chi connectivity index (χ4v) is 6.17. The number of amides is 1. The molecule has 10 heteroatoms. The number of halogens is 1. The fraction of sp³-hybridized carbons (Fsp3) is 0.296. The predicted molar refractivity (Wildman–Crippen MR) is 151 cm³/mol. The summed E-state index contributed by atoms with van der Waals surface area (Å²) in [5.41, 5.74) is 1.42. The van der Waals surface area contributed by atoms with Crippen molar-refractivity contribution in [1.29, 1.82) is 0 Å². The van der Waals surface area contributed by atoms with Gasteiger partial charge in [0.2, 0.25) is 5.91 Å². The van der Waals surface area contributed by atoms with E-state index < -0.39 is 10.0 Å². The van der Waals surface area contributed by atoms with Gasteiger partial charge < -0.3 is 10.1 Å². The highest BCUT2D eigenvalue weighted by Crippen LogP contribution is 2.27. The van der Waals surface area contributed by atoms with Crippen LogP contribution in [0.5, 0.6) is 5.75 Å². The van der Waals surface area contributed by atoms with E-state index in [0.717, 1.165) is 32.7 Å². The van der Waals surface area contributed by atoms with Crippen LogP contribution in [0.3, 0.4) is 0 Å². The first-order chi connectivity index (χ1) is 17.8. The lowest BCUT2D eigenvalue weighted by Crippen LogP contribution is -2.41. The number of carbonyl (C=O) groups is 1. The highest BCUT2D eigenvalue weighted by atomic mass is 32.2. The van der Waals surface area contributed by atoms with Crippen LogP contribution in [-0.4, -0.2) is 46.0 Å². The van der Waals surface area contributed by atoms with E-state index in [0.29, 0.717) is 24.6 Å². The van der Waals surface area contributed by atoms with Crippen molar-refractivity contribution in [1.82, 2.24) is 5.32 Å². The molecule has 0 unspecified atom stereocenters. The molecule has 0 saturated carbocycles. The van der Waals surface area contributed by atoms with Crippen molar-refractivity contribution in [2.24, 2.45) is 0 Å². The molecule has 0 aromatic heterocycles. The van der Waals surface area contributed by atoms with Crippen LogP contribution in [0.2, 0.25) is 0 Å². The van der Waals surface area contributed by atoms with Crippen molar-refractivity contribution in [2.75, 3.05) is 36.0 Å². The van der Waals surface area contributed by atoms with Crippen LogP contribution in [0, 0.1) is 5.82 Å². The van der Waals surface area contributed by atoms with Crippen molar-refractivity contribution < 1.29 is 22.3 Å². The summed E-state index contributed by atoms with van der Waals surface area (Å²) in [5, 5.41) is 2.83. The number of benzene rings is 3. The van der Waals surface area contributed by atoms with Gasteiger partial charge in [-0.05, 0) is 91.6 Å². The van der Waals surface area contributed by atoms with Gasteiger partial charge in [-0.3, -0.25) is 9.10 Å². The Balaban J connectivity index is 1.62. The predicted octanol–water partition coefficient (Wildman–Crippen LogP) is 5.58. The number of carbonyl (C=O) groups excluding carboxylic acids is 1. The number of hydrogen-bond acceptors (Lipinski definition) is 6. The Morgan fingerprint density at radius 3 is 2.30 bits per heavy atom. The van der Waals surface area contributed by atoms with Gasteiger partial charge in [0.05, 0.1) is 17.2 Å². The summed E-state index contributed by atoms with van der Waals surface area (Å²) in [6.45, 7) is 2.44. The van der Waals surface area contributed by atoms with Crippen LogP contribution >= 0.6 is 23.5 Å². The average molecular weight is 563 g/mol. The van der Waals surface area contributed by atoms with Crippen LogP contribution in [0.15, 0.2) is 82.6 Å². The minimum atomic E-state index is -3.98. The Bertz CT molecular complexity index is 1240. The van der Waals surface area contributed by atoms with Crippen molar-refractivity contribution in [3.8, 4) is 5.75 Å². The van der Waals surface area contributed by atoms with Crippen LogP contribution in [0.1, 0.15) is 18.9 Å². The molecule has 6 nitrogen and oxygen atoms in total. The number of nitrogens with one attached hydrogen (secondary N) is 1. The third-order valence-corrected chi connectivity index (χ3v) is 8.99. The summed E-state index contributed by atoms with van der Waals surface area (Å²) < 4.78 is 46.7. The third-order valence-electron chi connectivity index (χ3n) is 5.34. The van der Waals surface area contributed by atoms with Gasteiger partial charge in [0.1, 0.15) is 18.1 Å². The summed E-state index contributed by atoms with van der Waals surface area (Å²) >= 11 is 3.21. The Hall–Kier alpha value is -2.69. The van der Waals surface area contributed by atoms with E-state index in [1.165, 1.54) is 23.9 Å². The maximum atomic E-state index is 13.5. The highest BCUT2D eigenvalue weighted by Gasteiger charge is 2.27. The van der Waals surface area contributed by atoms with Crippen LogP contribution < -0.4 is 14.4 Å². The van der Waals surface area contributed by atoms with Crippen LogP contribution in [0.25, 0.3) is 0 Å².